The van der Waals surface area contributed by atoms with E-state index in [1.54, 1.807) is 12.1 Å². The van der Waals surface area contributed by atoms with Crippen molar-refractivity contribution in [2.75, 3.05) is 6.54 Å². The lowest BCUT2D eigenvalue weighted by molar-refractivity contribution is 0.0610. The van der Waals surface area contributed by atoms with E-state index in [1.165, 1.54) is 4.90 Å². The number of benzene rings is 3. The Morgan fingerprint density at radius 3 is 2.27 bits per heavy atom. The predicted octanol–water partition coefficient (Wildman–Crippen LogP) is 4.25. The molecule has 0 radical (unpaired) electrons. The molecule has 26 heavy (non-hydrogen) atoms. The third-order valence-corrected chi connectivity index (χ3v) is 4.55. The molecule has 3 aromatic carbocycles. The summed E-state index contributed by atoms with van der Waals surface area (Å²) < 4.78 is 0. The van der Waals surface area contributed by atoms with Gasteiger partial charge >= 0.3 is 0 Å². The zero-order chi connectivity index (χ0) is 18.1. The minimum absolute atomic E-state index is 0.219. The lowest BCUT2D eigenvalue weighted by atomic mass is 9.91. The van der Waals surface area contributed by atoms with E-state index >= 15 is 0 Å². The topological polar surface area (TPSA) is 37.4 Å². The number of nitrogens with zero attached hydrogens (tertiary/aromatic N) is 1. The smallest absolute Gasteiger partial charge is 0.261 e. The van der Waals surface area contributed by atoms with Crippen LogP contribution in [0.4, 0.5) is 0 Å². The quantitative estimate of drug-likeness (QED) is 0.517. The van der Waals surface area contributed by atoms with Crippen LogP contribution in [0.3, 0.4) is 0 Å². The molecule has 0 bridgehead atoms. The Labute approximate surface area is 152 Å². The van der Waals surface area contributed by atoms with E-state index in [9.17, 15) is 9.59 Å². The van der Waals surface area contributed by atoms with Crippen LogP contribution in [0, 0.1) is 11.8 Å². The SMILES string of the molecule is CCCN1C(=O)c2cccc3c(C#Cc4ccccc4)ccc(c23)C1=O. The molecule has 3 nitrogen and oxygen atoms in total. The fourth-order valence-corrected chi connectivity index (χ4v) is 3.34. The fourth-order valence-electron chi connectivity index (χ4n) is 3.34. The molecule has 0 N–H and O–H groups in total. The Kier molecular flexibility index (Phi) is 4.02. The van der Waals surface area contributed by atoms with Gasteiger partial charge in [0.15, 0.2) is 0 Å². The highest BCUT2D eigenvalue weighted by molar-refractivity contribution is 6.26. The molecule has 4 rings (SSSR count). The molecule has 0 aromatic heterocycles. The van der Waals surface area contributed by atoms with Gasteiger partial charge in [0.25, 0.3) is 11.8 Å². The first kappa shape index (κ1) is 16.1. The monoisotopic (exact) mass is 339 g/mol. The second-order valence-corrected chi connectivity index (χ2v) is 6.27. The van der Waals surface area contributed by atoms with Crippen LogP contribution in [-0.4, -0.2) is 23.3 Å². The summed E-state index contributed by atoms with van der Waals surface area (Å²) in [5, 5.41) is 1.57. The van der Waals surface area contributed by atoms with E-state index in [0.717, 1.165) is 28.3 Å². The van der Waals surface area contributed by atoms with Crippen LogP contribution < -0.4 is 0 Å². The largest absolute Gasteiger partial charge is 0.274 e. The van der Waals surface area contributed by atoms with Crippen molar-refractivity contribution in [3.8, 4) is 11.8 Å². The molecule has 3 aromatic rings. The van der Waals surface area contributed by atoms with E-state index < -0.39 is 0 Å². The number of hydrogen-bond donors (Lipinski definition) is 0. The fraction of sp³-hybridized carbons (Fsp3) is 0.130. The molecule has 0 atom stereocenters. The third-order valence-electron chi connectivity index (χ3n) is 4.55. The van der Waals surface area contributed by atoms with Crippen LogP contribution in [0.25, 0.3) is 10.8 Å². The Morgan fingerprint density at radius 1 is 0.808 bits per heavy atom. The number of rotatable bonds is 2. The molecule has 1 aliphatic heterocycles. The molecular weight excluding hydrogens is 322 g/mol. The van der Waals surface area contributed by atoms with Crippen LogP contribution in [0.5, 0.6) is 0 Å². The molecule has 126 valence electrons. The Bertz CT molecular complexity index is 1070. The van der Waals surface area contributed by atoms with Gasteiger partial charge in [-0.3, -0.25) is 14.5 Å². The number of imide groups is 1. The van der Waals surface area contributed by atoms with Crippen LogP contribution in [0.1, 0.15) is 45.2 Å². The van der Waals surface area contributed by atoms with Crippen LogP contribution in [0.15, 0.2) is 60.7 Å². The normalized spacial score (nSPS) is 12.9. The molecule has 1 aliphatic rings. The van der Waals surface area contributed by atoms with E-state index in [2.05, 4.69) is 11.8 Å². The molecule has 0 saturated carbocycles. The minimum Gasteiger partial charge on any atom is -0.274 e. The zero-order valence-electron chi connectivity index (χ0n) is 14.5. The maximum Gasteiger partial charge on any atom is 0.261 e. The lowest BCUT2D eigenvalue weighted by Gasteiger charge is -2.27. The molecule has 3 heteroatoms. The van der Waals surface area contributed by atoms with E-state index in [4.69, 9.17) is 0 Å². The molecule has 0 saturated heterocycles. The second kappa shape index (κ2) is 6.50. The van der Waals surface area contributed by atoms with Crippen molar-refractivity contribution in [2.24, 2.45) is 0 Å². The van der Waals surface area contributed by atoms with Gasteiger partial charge in [0.05, 0.1) is 0 Å². The zero-order valence-corrected chi connectivity index (χ0v) is 14.5. The van der Waals surface area contributed by atoms with Gasteiger partial charge in [0.2, 0.25) is 0 Å². The maximum atomic E-state index is 12.8. The number of carbonyl (C=O) groups excluding carboxylic acids is 2. The van der Waals surface area contributed by atoms with Gasteiger partial charge in [-0.15, -0.1) is 0 Å². The van der Waals surface area contributed by atoms with Gasteiger partial charge < -0.3 is 0 Å². The van der Waals surface area contributed by atoms with Crippen molar-refractivity contribution in [3.63, 3.8) is 0 Å². The van der Waals surface area contributed by atoms with Crippen molar-refractivity contribution in [1.29, 1.82) is 0 Å². The van der Waals surface area contributed by atoms with Crippen LogP contribution in [0.2, 0.25) is 0 Å². The van der Waals surface area contributed by atoms with Gasteiger partial charge in [-0.1, -0.05) is 49.1 Å². The summed E-state index contributed by atoms with van der Waals surface area (Å²) in [4.78, 5) is 26.9. The molecule has 2 amide bonds. The maximum absolute atomic E-state index is 12.8. The number of amides is 2. The number of carbonyl (C=O) groups is 2. The molecular formula is C23H17NO2. The van der Waals surface area contributed by atoms with Crippen molar-refractivity contribution in [3.05, 3.63) is 82.9 Å². The Hall–Kier alpha value is -3.38. The average molecular weight is 339 g/mol. The summed E-state index contributed by atoms with van der Waals surface area (Å²) >= 11 is 0. The van der Waals surface area contributed by atoms with Gasteiger partial charge in [-0.05, 0) is 42.1 Å². The Balaban J connectivity index is 1.89. The molecule has 1 heterocycles. The summed E-state index contributed by atoms with van der Waals surface area (Å²) in [6.07, 6.45) is 0.740. The highest BCUT2D eigenvalue weighted by atomic mass is 16.2. The van der Waals surface area contributed by atoms with Crippen molar-refractivity contribution in [1.82, 2.24) is 4.90 Å². The van der Waals surface area contributed by atoms with E-state index in [1.807, 2.05) is 55.5 Å². The summed E-state index contributed by atoms with van der Waals surface area (Å²) in [5.41, 5.74) is 2.90. The summed E-state index contributed by atoms with van der Waals surface area (Å²) in [7, 11) is 0. The van der Waals surface area contributed by atoms with Gasteiger partial charge in [0.1, 0.15) is 0 Å². The van der Waals surface area contributed by atoms with Gasteiger partial charge in [-0.25, -0.2) is 0 Å². The van der Waals surface area contributed by atoms with Crippen molar-refractivity contribution in [2.45, 2.75) is 13.3 Å². The minimum atomic E-state index is -0.219. The van der Waals surface area contributed by atoms with E-state index in [0.29, 0.717) is 17.7 Å². The van der Waals surface area contributed by atoms with Gasteiger partial charge in [-0.2, -0.15) is 0 Å². The number of hydrogen-bond acceptors (Lipinski definition) is 2. The second-order valence-electron chi connectivity index (χ2n) is 6.27. The van der Waals surface area contributed by atoms with Crippen molar-refractivity contribution >= 4 is 22.6 Å². The molecule has 0 aliphatic carbocycles. The molecule has 0 spiro atoms. The third kappa shape index (κ3) is 2.57. The van der Waals surface area contributed by atoms with Crippen LogP contribution in [-0.2, 0) is 0 Å². The van der Waals surface area contributed by atoms with E-state index in [-0.39, 0.29) is 11.8 Å². The first-order chi connectivity index (χ1) is 12.7. The first-order valence-electron chi connectivity index (χ1n) is 8.69. The lowest BCUT2D eigenvalue weighted by Crippen LogP contribution is -2.40. The Morgan fingerprint density at radius 2 is 1.54 bits per heavy atom. The predicted molar refractivity (Wildman–Crippen MR) is 102 cm³/mol. The first-order valence-corrected chi connectivity index (χ1v) is 8.69. The standard InChI is InChI=1S/C23H17NO2/c1-2-15-24-22(25)19-10-6-9-18-17(12-11-16-7-4-3-5-8-16)13-14-20(21(18)19)23(24)26/h3-10,13-14H,2,15H2,1H3. The van der Waals surface area contributed by atoms with Crippen LogP contribution >= 0.6 is 0 Å². The average Bonchev–Trinajstić information content (AvgIpc) is 2.68. The summed E-state index contributed by atoms with van der Waals surface area (Å²) in [5.74, 6) is 5.90. The highest BCUT2D eigenvalue weighted by Crippen LogP contribution is 2.32. The van der Waals surface area contributed by atoms with Gasteiger partial charge in [0, 0.05) is 34.2 Å². The summed E-state index contributed by atoms with van der Waals surface area (Å²) in [6.45, 7) is 2.39. The highest BCUT2D eigenvalue weighted by Gasteiger charge is 2.32. The molecule has 0 unspecified atom stereocenters. The van der Waals surface area contributed by atoms with Crippen molar-refractivity contribution < 1.29 is 9.59 Å². The molecule has 0 fully saturated rings. The summed E-state index contributed by atoms with van der Waals surface area (Å²) in [6, 6.07) is 19.0.